The van der Waals surface area contributed by atoms with Crippen LogP contribution in [-0.4, -0.2) is 18.3 Å². The van der Waals surface area contributed by atoms with Crippen LogP contribution in [0, 0.1) is 0 Å². The van der Waals surface area contributed by atoms with Gasteiger partial charge in [0.15, 0.2) is 0 Å². The Kier molecular flexibility index (Phi) is 4.94. The molecule has 1 aromatic carbocycles. The van der Waals surface area contributed by atoms with E-state index in [0.717, 1.165) is 41.0 Å². The Morgan fingerprint density at radius 1 is 1.21 bits per heavy atom. The number of nitrogens with zero attached hydrogens (tertiary/aromatic N) is 2. The summed E-state index contributed by atoms with van der Waals surface area (Å²) in [5.74, 6) is 1.67. The number of aliphatic imine (C=N–C) groups is 1. The number of hydrogen-bond acceptors (Lipinski definition) is 4. The first-order valence-electron chi connectivity index (χ1n) is 8.25. The minimum absolute atomic E-state index is 0.0195. The Bertz CT molecular complexity index is 821. The summed E-state index contributed by atoms with van der Waals surface area (Å²) in [4.78, 5) is 8.46. The maximum absolute atomic E-state index is 5.89. The van der Waals surface area contributed by atoms with Crippen LogP contribution in [0.3, 0.4) is 0 Å². The molecule has 0 spiro atoms. The zero-order valence-electron chi connectivity index (χ0n) is 14.2. The summed E-state index contributed by atoms with van der Waals surface area (Å²) in [5, 5.41) is 1.10. The van der Waals surface area contributed by atoms with Gasteiger partial charge in [0.1, 0.15) is 23.1 Å². The molecule has 124 valence electrons. The highest BCUT2D eigenvalue weighted by Gasteiger charge is 2.10. The third kappa shape index (κ3) is 3.65. The minimum Gasteiger partial charge on any atom is -0.492 e. The van der Waals surface area contributed by atoms with Gasteiger partial charge in [0.05, 0.1) is 12.8 Å². The first-order chi connectivity index (χ1) is 11.7. The number of ether oxygens (including phenoxy) is 1. The predicted octanol–water partition coefficient (Wildman–Crippen LogP) is 4.77. The highest BCUT2D eigenvalue weighted by Crippen LogP contribution is 2.26. The van der Waals surface area contributed by atoms with E-state index in [4.69, 9.17) is 9.15 Å². The Hall–Kier alpha value is -2.62. The van der Waals surface area contributed by atoms with E-state index in [1.54, 1.807) is 6.20 Å². The van der Waals surface area contributed by atoms with Crippen molar-refractivity contribution in [1.29, 1.82) is 0 Å². The highest BCUT2D eigenvalue weighted by atomic mass is 16.5. The van der Waals surface area contributed by atoms with Crippen molar-refractivity contribution in [1.82, 2.24) is 4.98 Å². The number of aryl methyl sites for hydroxylation is 2. The lowest BCUT2D eigenvalue weighted by Gasteiger charge is -2.04. The molecule has 2 aromatic heterocycles. The van der Waals surface area contributed by atoms with Gasteiger partial charge in [-0.05, 0) is 63.2 Å². The second-order valence-corrected chi connectivity index (χ2v) is 5.80. The number of aromatic nitrogens is 1. The number of fused-ring (bicyclic) bond motifs is 1. The molecule has 2 heterocycles. The van der Waals surface area contributed by atoms with Gasteiger partial charge in [0.2, 0.25) is 0 Å². The monoisotopic (exact) mass is 322 g/mol. The van der Waals surface area contributed by atoms with Crippen molar-refractivity contribution >= 4 is 17.7 Å². The molecule has 1 atom stereocenters. The zero-order valence-corrected chi connectivity index (χ0v) is 14.2. The molecule has 0 amide bonds. The second-order valence-electron chi connectivity index (χ2n) is 5.80. The van der Waals surface area contributed by atoms with Crippen LogP contribution in [0.25, 0.3) is 11.0 Å². The molecule has 0 aliphatic heterocycles. The fraction of sp³-hybridized carbons (Fsp3) is 0.300. The van der Waals surface area contributed by atoms with Crippen LogP contribution >= 0.6 is 0 Å². The van der Waals surface area contributed by atoms with Gasteiger partial charge in [0.25, 0.3) is 0 Å². The van der Waals surface area contributed by atoms with Crippen molar-refractivity contribution in [2.75, 3.05) is 6.61 Å². The van der Waals surface area contributed by atoms with Crippen LogP contribution < -0.4 is 4.74 Å². The normalized spacial score (nSPS) is 12.2. The third-order valence-electron chi connectivity index (χ3n) is 4.07. The number of benzene rings is 1. The van der Waals surface area contributed by atoms with Gasteiger partial charge in [-0.2, -0.15) is 0 Å². The lowest BCUT2D eigenvalue weighted by Crippen LogP contribution is -1.96. The summed E-state index contributed by atoms with van der Waals surface area (Å²) in [7, 11) is 0. The zero-order chi connectivity index (χ0) is 16.9. The molecular weight excluding hydrogens is 300 g/mol. The van der Waals surface area contributed by atoms with E-state index in [1.807, 2.05) is 32.0 Å². The van der Waals surface area contributed by atoms with E-state index in [1.165, 1.54) is 5.56 Å². The molecule has 0 saturated carbocycles. The average molecular weight is 322 g/mol. The molecule has 0 aliphatic carbocycles. The first-order valence-corrected chi connectivity index (χ1v) is 8.25. The second kappa shape index (κ2) is 7.30. The maximum Gasteiger partial charge on any atom is 0.137 e. The van der Waals surface area contributed by atoms with Crippen LogP contribution in [0.15, 0.2) is 52.0 Å². The highest BCUT2D eigenvalue weighted by molar-refractivity contribution is 5.78. The van der Waals surface area contributed by atoms with E-state index in [-0.39, 0.29) is 6.04 Å². The largest absolute Gasteiger partial charge is 0.492 e. The van der Waals surface area contributed by atoms with Crippen LogP contribution in [0.4, 0.5) is 0 Å². The third-order valence-corrected chi connectivity index (χ3v) is 4.07. The van der Waals surface area contributed by atoms with E-state index < -0.39 is 0 Å². The van der Waals surface area contributed by atoms with Crippen LogP contribution in [0.1, 0.15) is 36.9 Å². The van der Waals surface area contributed by atoms with Crippen molar-refractivity contribution in [3.8, 4) is 5.75 Å². The number of pyridine rings is 1. The van der Waals surface area contributed by atoms with Gasteiger partial charge < -0.3 is 9.15 Å². The Morgan fingerprint density at radius 2 is 2.08 bits per heavy atom. The molecular formula is C20H22N2O2. The number of hydrogen-bond donors (Lipinski definition) is 0. The summed E-state index contributed by atoms with van der Waals surface area (Å²) >= 11 is 0. The standard InChI is InChI=1S/C20H22N2O2/c1-4-23-18-10-9-17(22-13-18)8-6-15-5-7-16-12-19(14(2)21-3)24-20(16)11-15/h5,7,9-14H,3-4,6,8H2,1-2H3. The molecule has 3 rings (SSSR count). The maximum atomic E-state index is 5.89. The molecule has 24 heavy (non-hydrogen) atoms. The molecule has 4 nitrogen and oxygen atoms in total. The van der Waals surface area contributed by atoms with Crippen LogP contribution in [0.5, 0.6) is 5.75 Å². The Labute approximate surface area is 142 Å². The summed E-state index contributed by atoms with van der Waals surface area (Å²) in [6.07, 6.45) is 3.59. The van der Waals surface area contributed by atoms with E-state index in [2.05, 4.69) is 34.9 Å². The Morgan fingerprint density at radius 3 is 2.79 bits per heavy atom. The average Bonchev–Trinajstić information content (AvgIpc) is 3.04. The lowest BCUT2D eigenvalue weighted by atomic mass is 10.1. The van der Waals surface area contributed by atoms with Gasteiger partial charge in [-0.25, -0.2) is 0 Å². The van der Waals surface area contributed by atoms with E-state index >= 15 is 0 Å². The molecule has 0 saturated heterocycles. The summed E-state index contributed by atoms with van der Waals surface area (Å²) in [5.41, 5.74) is 3.19. The summed E-state index contributed by atoms with van der Waals surface area (Å²) < 4.78 is 11.3. The van der Waals surface area contributed by atoms with E-state index in [0.29, 0.717) is 6.61 Å². The minimum atomic E-state index is -0.0195. The quantitative estimate of drug-likeness (QED) is 0.588. The fourth-order valence-electron chi connectivity index (χ4n) is 2.63. The molecule has 0 radical (unpaired) electrons. The van der Waals surface area contributed by atoms with Crippen molar-refractivity contribution < 1.29 is 9.15 Å². The van der Waals surface area contributed by atoms with Gasteiger partial charge in [-0.15, -0.1) is 0 Å². The van der Waals surface area contributed by atoms with Gasteiger partial charge in [-0.3, -0.25) is 9.98 Å². The summed E-state index contributed by atoms with van der Waals surface area (Å²) in [6.45, 7) is 8.18. The number of rotatable bonds is 7. The topological polar surface area (TPSA) is 47.6 Å². The molecule has 0 aliphatic rings. The summed E-state index contributed by atoms with van der Waals surface area (Å²) in [6, 6.07) is 12.3. The smallest absolute Gasteiger partial charge is 0.137 e. The lowest BCUT2D eigenvalue weighted by molar-refractivity contribution is 0.338. The molecule has 4 heteroatoms. The molecule has 0 fully saturated rings. The molecule has 0 bridgehead atoms. The van der Waals surface area contributed by atoms with E-state index in [9.17, 15) is 0 Å². The van der Waals surface area contributed by atoms with Gasteiger partial charge in [0, 0.05) is 11.1 Å². The Balaban J connectivity index is 1.69. The van der Waals surface area contributed by atoms with Crippen molar-refractivity contribution in [2.24, 2.45) is 4.99 Å². The fourth-order valence-corrected chi connectivity index (χ4v) is 2.63. The molecule has 1 unspecified atom stereocenters. The SMILES string of the molecule is C=NC(C)c1cc2ccc(CCc3ccc(OCC)cn3)cc2o1. The number of furan rings is 1. The van der Waals surface area contributed by atoms with Gasteiger partial charge >= 0.3 is 0 Å². The van der Waals surface area contributed by atoms with Crippen molar-refractivity contribution in [2.45, 2.75) is 32.7 Å². The van der Waals surface area contributed by atoms with Crippen molar-refractivity contribution in [3.63, 3.8) is 0 Å². The van der Waals surface area contributed by atoms with Crippen molar-refractivity contribution in [3.05, 3.63) is 59.6 Å². The van der Waals surface area contributed by atoms with Crippen LogP contribution in [0.2, 0.25) is 0 Å². The predicted molar refractivity (Wildman–Crippen MR) is 97.0 cm³/mol. The molecule has 0 N–H and O–H groups in total. The first kappa shape index (κ1) is 16.2. The van der Waals surface area contributed by atoms with Gasteiger partial charge in [-0.1, -0.05) is 12.1 Å². The van der Waals surface area contributed by atoms with Crippen LogP contribution in [-0.2, 0) is 12.8 Å². The molecule has 3 aromatic rings.